The molecule has 0 spiro atoms. The highest BCUT2D eigenvalue weighted by molar-refractivity contribution is 6.21. The van der Waals surface area contributed by atoms with Crippen molar-refractivity contribution in [2.24, 2.45) is 23.2 Å². The quantitative estimate of drug-likeness (QED) is 0.317. The van der Waals surface area contributed by atoms with E-state index in [2.05, 4.69) is 10.6 Å². The third kappa shape index (κ3) is 5.27. The Morgan fingerprint density at radius 3 is 2.11 bits per heavy atom. The first kappa shape index (κ1) is 29.8. The monoisotopic (exact) mass is 608 g/mol. The largest absolute Gasteiger partial charge is 0.496 e. The van der Waals surface area contributed by atoms with E-state index in [1.54, 1.807) is 19.1 Å². The molecule has 3 aromatic carbocycles. The third-order valence-corrected chi connectivity index (χ3v) is 11.0. The Morgan fingerprint density at radius 2 is 1.49 bits per heavy atom. The number of ether oxygens (including phenoxy) is 1. The van der Waals surface area contributed by atoms with Crippen LogP contribution < -0.4 is 25.2 Å². The molecule has 2 unspecified atom stereocenters. The van der Waals surface area contributed by atoms with Gasteiger partial charge in [0.15, 0.2) is 6.04 Å². The van der Waals surface area contributed by atoms with E-state index < -0.39 is 18.0 Å². The lowest BCUT2D eigenvalue weighted by atomic mass is 9.49. The van der Waals surface area contributed by atoms with E-state index in [1.807, 2.05) is 72.5 Å². The molecule has 0 radical (unpaired) electrons. The molecule has 8 nitrogen and oxygen atoms in total. The summed E-state index contributed by atoms with van der Waals surface area (Å²) in [6.07, 6.45) is 7.85. The number of amides is 3. The first-order valence-corrected chi connectivity index (χ1v) is 16.6. The highest BCUT2D eigenvalue weighted by Gasteiger charge is 2.53. The number of nitrogens with zero attached hydrogens (tertiary/aromatic N) is 2. The van der Waals surface area contributed by atoms with Gasteiger partial charge >= 0.3 is 0 Å². The van der Waals surface area contributed by atoms with Gasteiger partial charge in [0.2, 0.25) is 5.91 Å². The lowest BCUT2D eigenvalue weighted by Gasteiger charge is -2.57. The Labute approximate surface area is 265 Å². The summed E-state index contributed by atoms with van der Waals surface area (Å²) < 4.78 is 5.81. The first-order chi connectivity index (χ1) is 21.8. The summed E-state index contributed by atoms with van der Waals surface area (Å²) in [6, 6.07) is 17.9. The van der Waals surface area contributed by atoms with Gasteiger partial charge in [0.1, 0.15) is 5.75 Å². The maximum atomic E-state index is 14.7. The summed E-state index contributed by atoms with van der Waals surface area (Å²) in [5, 5.41) is 7.94. The summed E-state index contributed by atoms with van der Waals surface area (Å²) >= 11 is 0. The molecule has 8 rings (SSSR count). The van der Waals surface area contributed by atoms with Crippen molar-refractivity contribution in [3.05, 3.63) is 66.2 Å². The van der Waals surface area contributed by atoms with Crippen molar-refractivity contribution in [1.29, 1.82) is 0 Å². The zero-order valence-corrected chi connectivity index (χ0v) is 26.6. The zero-order valence-electron chi connectivity index (χ0n) is 26.6. The molecule has 8 heteroatoms. The molecule has 4 aliphatic carbocycles. The minimum atomic E-state index is -1.35. The molecule has 3 aromatic rings. The van der Waals surface area contributed by atoms with Crippen LogP contribution in [0.3, 0.4) is 0 Å². The maximum absolute atomic E-state index is 14.7. The van der Waals surface area contributed by atoms with Gasteiger partial charge in [-0.3, -0.25) is 14.4 Å². The van der Waals surface area contributed by atoms with Crippen molar-refractivity contribution in [1.82, 2.24) is 10.6 Å². The van der Waals surface area contributed by atoms with Gasteiger partial charge in [0.05, 0.1) is 31.1 Å². The van der Waals surface area contributed by atoms with E-state index in [4.69, 9.17) is 4.74 Å². The number of benzene rings is 3. The fourth-order valence-corrected chi connectivity index (χ4v) is 9.44. The van der Waals surface area contributed by atoms with Crippen LogP contribution in [0.4, 0.5) is 11.4 Å². The first-order valence-electron chi connectivity index (χ1n) is 16.6. The van der Waals surface area contributed by atoms with Crippen LogP contribution in [0.15, 0.2) is 60.7 Å². The van der Waals surface area contributed by atoms with Crippen LogP contribution in [0.25, 0.3) is 10.8 Å². The summed E-state index contributed by atoms with van der Waals surface area (Å²) in [7, 11) is 3.35. The fourth-order valence-electron chi connectivity index (χ4n) is 9.44. The van der Waals surface area contributed by atoms with Crippen molar-refractivity contribution >= 4 is 39.9 Å². The van der Waals surface area contributed by atoms with Crippen molar-refractivity contribution in [2.45, 2.75) is 70.5 Å². The van der Waals surface area contributed by atoms with Crippen LogP contribution in [0.1, 0.15) is 57.4 Å². The molecule has 4 bridgehead atoms. The molecule has 45 heavy (non-hydrogen) atoms. The Hall–Kier alpha value is -3.91. The van der Waals surface area contributed by atoms with Crippen molar-refractivity contribution in [2.75, 3.05) is 30.5 Å². The predicted octanol–water partition coefficient (Wildman–Crippen LogP) is 5.43. The van der Waals surface area contributed by atoms with Crippen molar-refractivity contribution < 1.29 is 19.1 Å². The zero-order chi connectivity index (χ0) is 31.3. The van der Waals surface area contributed by atoms with Crippen molar-refractivity contribution in [3.63, 3.8) is 0 Å². The van der Waals surface area contributed by atoms with Crippen LogP contribution in [0.5, 0.6) is 5.75 Å². The summed E-state index contributed by atoms with van der Waals surface area (Å²) in [6.45, 7) is 2.67. The molecule has 1 aliphatic heterocycles. The number of para-hydroxylation sites is 2. The number of carbonyl (C=O) groups excluding carboxylic acids is 3. The molecule has 4 saturated carbocycles. The van der Waals surface area contributed by atoms with Crippen LogP contribution in [-0.2, 0) is 20.9 Å². The number of rotatable bonds is 9. The van der Waals surface area contributed by atoms with Crippen molar-refractivity contribution in [3.8, 4) is 5.75 Å². The van der Waals surface area contributed by atoms with E-state index in [-0.39, 0.29) is 23.8 Å². The molecule has 0 saturated heterocycles. The van der Waals surface area contributed by atoms with Gasteiger partial charge in [-0.1, -0.05) is 49.4 Å². The molecular weight excluding hydrogens is 564 g/mol. The SMILES string of the molecule is CCC(NC)C(=O)NC1C(=O)N(Cc2c(OC)ccc3ccccc23)c2ccccc2N(CC23CC4CC(CC(C4)C2)C3)C1=O. The number of carbonyl (C=O) groups is 3. The number of fused-ring (bicyclic) bond motifs is 2. The van der Waals surface area contributed by atoms with Crippen LogP contribution in [0.2, 0.25) is 0 Å². The predicted molar refractivity (Wildman–Crippen MR) is 176 cm³/mol. The van der Waals surface area contributed by atoms with Gasteiger partial charge in [-0.2, -0.15) is 0 Å². The highest BCUT2D eigenvalue weighted by atomic mass is 16.5. The minimum absolute atomic E-state index is 0.0417. The molecule has 4 fully saturated rings. The van der Waals surface area contributed by atoms with Crippen LogP contribution in [-0.4, -0.2) is 50.5 Å². The molecule has 236 valence electrons. The smallest absolute Gasteiger partial charge is 0.259 e. The Bertz CT molecular complexity index is 1600. The average molecular weight is 609 g/mol. The van der Waals surface area contributed by atoms with E-state index in [0.717, 1.165) is 59.0 Å². The molecular formula is C37H44N4O4. The number of hydrogen-bond acceptors (Lipinski definition) is 5. The number of hydrogen-bond donors (Lipinski definition) is 2. The minimum Gasteiger partial charge on any atom is -0.496 e. The molecule has 0 aromatic heterocycles. The molecule has 5 aliphatic rings. The van der Waals surface area contributed by atoms with Gasteiger partial charge in [-0.25, -0.2) is 0 Å². The Morgan fingerprint density at radius 1 is 0.889 bits per heavy atom. The number of methoxy groups -OCH3 is 1. The lowest BCUT2D eigenvalue weighted by Crippen LogP contribution is -2.60. The van der Waals surface area contributed by atoms with E-state index in [9.17, 15) is 14.4 Å². The normalized spacial score (nSPS) is 27.8. The summed E-state index contributed by atoms with van der Waals surface area (Å²) in [4.78, 5) is 46.4. The van der Waals surface area contributed by atoms with Gasteiger partial charge < -0.3 is 25.2 Å². The average Bonchev–Trinajstić information content (AvgIpc) is 3.11. The Balaban J connectivity index is 1.33. The second-order valence-electron chi connectivity index (χ2n) is 13.9. The molecule has 2 atom stereocenters. The number of anilines is 2. The van der Waals surface area contributed by atoms with Crippen LogP contribution >= 0.6 is 0 Å². The standard InChI is InChI=1S/C37H44N4O4/c1-4-29(38-2)34(42)39-33-35(43)40(21-28-27-10-6-5-9-26(27)13-14-32(28)45-3)30-11-7-8-12-31(30)41(36(33)44)22-37-18-23-15-24(19-37)17-25(16-23)20-37/h5-14,23-25,29,33,38H,4,15-22H2,1-3H3,(H,39,42). The third-order valence-electron chi connectivity index (χ3n) is 11.0. The maximum Gasteiger partial charge on any atom is 0.259 e. The van der Waals surface area contributed by atoms with E-state index in [1.165, 1.54) is 19.3 Å². The van der Waals surface area contributed by atoms with E-state index >= 15 is 0 Å². The van der Waals surface area contributed by atoms with Gasteiger partial charge in [0, 0.05) is 12.1 Å². The van der Waals surface area contributed by atoms with Gasteiger partial charge in [-0.15, -0.1) is 0 Å². The lowest BCUT2D eigenvalue weighted by molar-refractivity contribution is -0.135. The number of nitrogens with one attached hydrogen (secondary N) is 2. The topological polar surface area (TPSA) is 91.0 Å². The second-order valence-corrected chi connectivity index (χ2v) is 13.9. The second kappa shape index (κ2) is 11.8. The molecule has 1 heterocycles. The van der Waals surface area contributed by atoms with E-state index in [0.29, 0.717) is 24.4 Å². The molecule has 2 N–H and O–H groups in total. The fraction of sp³-hybridized carbons (Fsp3) is 0.486. The number of likely N-dealkylation sites (N-methyl/N-ethyl adjacent to an activating group) is 1. The molecule has 3 amide bonds. The van der Waals surface area contributed by atoms with Gasteiger partial charge in [0.25, 0.3) is 11.8 Å². The highest BCUT2D eigenvalue weighted by Crippen LogP contribution is 2.60. The van der Waals surface area contributed by atoms with Crippen LogP contribution in [0, 0.1) is 23.2 Å². The van der Waals surface area contributed by atoms with Gasteiger partial charge in [-0.05, 0) is 104 Å². The summed E-state index contributed by atoms with van der Waals surface area (Å²) in [5.41, 5.74) is 2.30. The summed E-state index contributed by atoms with van der Waals surface area (Å²) in [5.74, 6) is 1.70. The Kier molecular flexibility index (Phi) is 7.80.